The van der Waals surface area contributed by atoms with Crippen molar-refractivity contribution in [2.24, 2.45) is 0 Å². The molecule has 0 radical (unpaired) electrons. The molecule has 4 aromatic carbocycles. The van der Waals surface area contributed by atoms with Crippen molar-refractivity contribution in [3.63, 3.8) is 0 Å². The zero-order chi connectivity index (χ0) is 42.6. The summed E-state index contributed by atoms with van der Waals surface area (Å²) in [6, 6.07) is 22.4. The monoisotopic (exact) mass is 866 g/mol. The fourth-order valence-corrected chi connectivity index (χ4v) is 7.66. The third kappa shape index (κ3) is 11.1. The second kappa shape index (κ2) is 18.6. The third-order valence-corrected chi connectivity index (χ3v) is 11.3. The molecule has 0 aliphatic carbocycles. The van der Waals surface area contributed by atoms with Crippen LogP contribution in [0.3, 0.4) is 0 Å². The van der Waals surface area contributed by atoms with Gasteiger partial charge >= 0.3 is 22.5 Å². The molecule has 310 valence electrons. The molecule has 11 nitrogen and oxygen atoms in total. The average molecular weight is 868 g/mol. The Morgan fingerprint density at radius 1 is 0.759 bits per heavy atom. The van der Waals surface area contributed by atoms with E-state index >= 15 is 0 Å². The van der Waals surface area contributed by atoms with E-state index in [1.807, 2.05) is 62.4 Å². The first-order valence-electron chi connectivity index (χ1n) is 18.9. The van der Waals surface area contributed by atoms with Gasteiger partial charge in [-0.15, -0.1) is 5.10 Å². The molecule has 0 fully saturated rings. The molecule has 2 atom stereocenters. The summed E-state index contributed by atoms with van der Waals surface area (Å²) in [6.45, 7) is 23.0. The number of aromatic hydroxyl groups is 1. The molecule has 0 aliphatic heterocycles. The van der Waals surface area contributed by atoms with Gasteiger partial charge in [0.25, 0.3) is 0 Å². The Balaban J connectivity index is 0.000000222. The van der Waals surface area contributed by atoms with Gasteiger partial charge in [-0.25, -0.2) is 4.98 Å². The van der Waals surface area contributed by atoms with Gasteiger partial charge in [-0.2, -0.15) is 13.0 Å². The van der Waals surface area contributed by atoms with Gasteiger partial charge < -0.3 is 13.5 Å². The van der Waals surface area contributed by atoms with Crippen molar-refractivity contribution < 1.29 is 21.9 Å². The Morgan fingerprint density at radius 3 is 1.86 bits per heavy atom. The molecule has 6 aromatic rings. The van der Waals surface area contributed by atoms with Crippen LogP contribution >= 0.6 is 23.2 Å². The lowest BCUT2D eigenvalue weighted by Crippen LogP contribution is -2.14. The topological polar surface area (TPSA) is 143 Å². The van der Waals surface area contributed by atoms with E-state index in [1.165, 1.54) is 17.7 Å². The van der Waals surface area contributed by atoms with Crippen molar-refractivity contribution in [1.29, 1.82) is 0 Å². The molecule has 6 rings (SSSR count). The molecule has 0 aliphatic rings. The number of benzene rings is 4. The smallest absolute Gasteiger partial charge is 0.316 e. The van der Waals surface area contributed by atoms with Gasteiger partial charge in [-0.05, 0) is 102 Å². The van der Waals surface area contributed by atoms with Crippen LogP contribution in [-0.4, -0.2) is 33.3 Å². The first kappa shape index (κ1) is 44.5. The van der Waals surface area contributed by atoms with Gasteiger partial charge in [-0.1, -0.05) is 110 Å². The lowest BCUT2D eigenvalue weighted by Gasteiger charge is -2.22. The normalized spacial score (nSPS) is 12.8. The minimum absolute atomic E-state index is 0.00453. The molecule has 4 N–H and O–H groups in total. The highest BCUT2D eigenvalue weighted by molar-refractivity contribution is 7.82. The maximum atomic E-state index is 12.7. The standard InChI is InChI=1S/C22H25N5O2S.C21H27Cl2NO3S/c1-14-6-7-15(2)18(12-14)29-30(28)26-17-10-8-16(9-11-17)21-23-20-13-19(22(3,4)5)24-27(20)25-21;1-11(2)14-7-16(12(3)4)21(17(8-14)13(5)6)27-28(26)24-15-9-18(22)20(25)19(23)10-15/h6-13,24,26H,1-5H3;7-13,24-25H,1-6H3. The SMILES string of the molecule is CC(C)c1cc(C(C)C)c(OS(=O)Nc2cc(Cl)c(O)c(Cl)c2)c(C(C)C)c1.Cc1ccc(C)c(OS(=O)Nc2ccc(-c3nc4cc(C(C)(C)C)[nH]n4n3)cc2)c1. The molecular formula is C43H52Cl2N6O5S2. The van der Waals surface area contributed by atoms with Gasteiger partial charge in [0.05, 0.1) is 15.7 Å². The van der Waals surface area contributed by atoms with Crippen molar-refractivity contribution in [3.05, 3.63) is 116 Å². The van der Waals surface area contributed by atoms with Gasteiger partial charge in [0.15, 0.2) is 17.2 Å². The first-order chi connectivity index (χ1) is 27.2. The minimum Gasteiger partial charge on any atom is -0.505 e. The van der Waals surface area contributed by atoms with E-state index in [0.29, 0.717) is 34.6 Å². The summed E-state index contributed by atoms with van der Waals surface area (Å²) in [6.07, 6.45) is 0. The first-order valence-corrected chi connectivity index (χ1v) is 21.8. The van der Waals surface area contributed by atoms with Crippen LogP contribution < -0.4 is 17.8 Å². The van der Waals surface area contributed by atoms with Gasteiger partial charge in [0.1, 0.15) is 11.5 Å². The number of hydrogen-bond acceptors (Lipinski definition) is 7. The van der Waals surface area contributed by atoms with E-state index in [-0.39, 0.29) is 33.0 Å². The van der Waals surface area contributed by atoms with Crippen LogP contribution in [0.25, 0.3) is 17.0 Å². The molecule has 0 saturated heterocycles. The number of phenols is 1. The number of H-pyrrole nitrogens is 1. The highest BCUT2D eigenvalue weighted by Crippen LogP contribution is 2.39. The quantitative estimate of drug-likeness (QED) is 0.0897. The van der Waals surface area contributed by atoms with Crippen molar-refractivity contribution in [3.8, 4) is 28.6 Å². The molecule has 15 heteroatoms. The van der Waals surface area contributed by atoms with Crippen molar-refractivity contribution in [2.45, 2.75) is 99.3 Å². The highest BCUT2D eigenvalue weighted by Gasteiger charge is 2.22. The maximum Gasteiger partial charge on any atom is 0.316 e. The average Bonchev–Trinajstić information content (AvgIpc) is 3.73. The van der Waals surface area contributed by atoms with Crippen molar-refractivity contribution >= 4 is 62.8 Å². The van der Waals surface area contributed by atoms with Gasteiger partial charge in [0, 0.05) is 28.4 Å². The summed E-state index contributed by atoms with van der Waals surface area (Å²) in [5, 5.41) is 17.6. The van der Waals surface area contributed by atoms with E-state index < -0.39 is 22.5 Å². The van der Waals surface area contributed by atoms with Gasteiger partial charge in [-0.3, -0.25) is 14.5 Å². The van der Waals surface area contributed by atoms with E-state index in [0.717, 1.165) is 39.2 Å². The van der Waals surface area contributed by atoms with E-state index in [2.05, 4.69) is 99.1 Å². The molecule has 0 bridgehead atoms. The number of hydrogen-bond donors (Lipinski definition) is 4. The molecule has 2 aromatic heterocycles. The molecule has 2 heterocycles. The summed E-state index contributed by atoms with van der Waals surface area (Å²) >= 11 is 8.29. The number of rotatable bonds is 12. The Bertz CT molecular complexity index is 2360. The number of nitrogens with zero attached hydrogens (tertiary/aromatic N) is 3. The second-order valence-corrected chi connectivity index (χ2v) is 18.6. The number of aromatic amines is 1. The fraction of sp³-hybridized carbons (Fsp3) is 0.349. The number of aryl methyl sites for hydroxylation is 2. The number of fused-ring (bicyclic) bond motifs is 1. The van der Waals surface area contributed by atoms with E-state index in [1.54, 1.807) is 4.63 Å². The van der Waals surface area contributed by atoms with E-state index in [4.69, 9.17) is 31.6 Å². The molecular weight excluding hydrogens is 816 g/mol. The zero-order valence-electron chi connectivity index (χ0n) is 34.7. The van der Waals surface area contributed by atoms with Crippen molar-refractivity contribution in [2.75, 3.05) is 9.44 Å². The fourth-order valence-electron chi connectivity index (χ4n) is 5.77. The third-order valence-electron chi connectivity index (χ3n) is 9.25. The summed E-state index contributed by atoms with van der Waals surface area (Å²) in [5.74, 6) is 2.45. The van der Waals surface area contributed by atoms with Crippen LogP contribution in [0.2, 0.25) is 10.0 Å². The largest absolute Gasteiger partial charge is 0.505 e. The predicted octanol–water partition coefficient (Wildman–Crippen LogP) is 11.8. The van der Waals surface area contributed by atoms with Crippen LogP contribution in [0.4, 0.5) is 11.4 Å². The lowest BCUT2D eigenvalue weighted by atomic mass is 9.88. The van der Waals surface area contributed by atoms with Crippen molar-refractivity contribution in [1.82, 2.24) is 19.8 Å². The number of halogens is 2. The highest BCUT2D eigenvalue weighted by atomic mass is 35.5. The molecule has 0 saturated carbocycles. The predicted molar refractivity (Wildman–Crippen MR) is 239 cm³/mol. The van der Waals surface area contributed by atoms with Crippen LogP contribution in [-0.2, 0) is 27.9 Å². The minimum atomic E-state index is -1.87. The number of anilines is 2. The molecule has 58 heavy (non-hydrogen) atoms. The molecule has 0 spiro atoms. The lowest BCUT2D eigenvalue weighted by molar-refractivity contribution is 0.476. The summed E-state index contributed by atoms with van der Waals surface area (Å²) in [5.41, 5.74) is 9.06. The van der Waals surface area contributed by atoms with Crippen LogP contribution in [0.1, 0.15) is 114 Å². The summed E-state index contributed by atoms with van der Waals surface area (Å²) < 4.78 is 43.7. The number of nitrogens with one attached hydrogen (secondary N) is 3. The maximum absolute atomic E-state index is 12.7. The zero-order valence-corrected chi connectivity index (χ0v) is 37.8. The molecule has 2 unspecified atom stereocenters. The Hall–Kier alpha value is -4.56. The second-order valence-electron chi connectivity index (χ2n) is 16.1. The molecule has 0 amide bonds. The Kier molecular flexibility index (Phi) is 14.3. The number of aromatic nitrogens is 4. The van der Waals surface area contributed by atoms with Crippen LogP contribution in [0.15, 0.2) is 72.8 Å². The van der Waals surface area contributed by atoms with Crippen LogP contribution in [0.5, 0.6) is 17.2 Å². The Morgan fingerprint density at radius 2 is 1.33 bits per heavy atom. The Labute approximate surface area is 356 Å². The van der Waals surface area contributed by atoms with Crippen LogP contribution in [0, 0.1) is 13.8 Å². The summed E-state index contributed by atoms with van der Waals surface area (Å²) in [4.78, 5) is 4.60. The van der Waals surface area contributed by atoms with E-state index in [9.17, 15) is 13.5 Å². The number of phenolic OH excluding ortho intramolecular Hbond substituents is 1. The van der Waals surface area contributed by atoms with Gasteiger partial charge in [0.2, 0.25) is 0 Å². The summed E-state index contributed by atoms with van der Waals surface area (Å²) in [7, 11) is 0.